The van der Waals surface area contributed by atoms with E-state index in [1.54, 1.807) is 0 Å². The van der Waals surface area contributed by atoms with Crippen LogP contribution in [0.4, 0.5) is 0 Å². The lowest BCUT2D eigenvalue weighted by Gasteiger charge is -2.31. The molecular weight excluding hydrogens is 364 g/mol. The number of hydrogen-bond donors (Lipinski definition) is 2. The van der Waals surface area contributed by atoms with E-state index in [-0.39, 0.29) is 30.3 Å². The van der Waals surface area contributed by atoms with E-state index in [1.165, 1.54) is 11.3 Å². The maximum absolute atomic E-state index is 12.2. The molecule has 0 saturated carbocycles. The molecule has 0 unspecified atom stereocenters. The number of likely N-dealkylation sites (tertiary alicyclic amines) is 2. The summed E-state index contributed by atoms with van der Waals surface area (Å²) in [5.41, 5.74) is 0. The van der Waals surface area contributed by atoms with Crippen LogP contribution in [0.25, 0.3) is 0 Å². The van der Waals surface area contributed by atoms with Crippen LogP contribution in [0.1, 0.15) is 40.2 Å². The summed E-state index contributed by atoms with van der Waals surface area (Å²) in [6.07, 6.45) is 3.76. The van der Waals surface area contributed by atoms with Crippen molar-refractivity contribution < 1.29 is 14.4 Å². The number of carbonyl (C=O) groups is 3. The second kappa shape index (κ2) is 9.32. The van der Waals surface area contributed by atoms with Crippen molar-refractivity contribution in [2.24, 2.45) is 0 Å². The van der Waals surface area contributed by atoms with Crippen LogP contribution in [0, 0.1) is 6.92 Å². The first kappa shape index (κ1) is 19.8. The van der Waals surface area contributed by atoms with Crippen LogP contribution >= 0.6 is 11.3 Å². The minimum Gasteiger partial charge on any atom is -0.349 e. The minimum atomic E-state index is -0.112. The molecular formula is C19H28N4O3S. The molecule has 0 spiro atoms. The molecule has 2 aliphatic rings. The van der Waals surface area contributed by atoms with E-state index >= 15 is 0 Å². The van der Waals surface area contributed by atoms with E-state index in [0.29, 0.717) is 6.54 Å². The monoisotopic (exact) mass is 392 g/mol. The summed E-state index contributed by atoms with van der Waals surface area (Å²) < 4.78 is 0. The Morgan fingerprint density at radius 1 is 1.11 bits per heavy atom. The van der Waals surface area contributed by atoms with E-state index in [2.05, 4.69) is 15.5 Å². The van der Waals surface area contributed by atoms with Crippen molar-refractivity contribution in [1.29, 1.82) is 0 Å². The summed E-state index contributed by atoms with van der Waals surface area (Å²) >= 11 is 1.50. The minimum absolute atomic E-state index is 0.00563. The number of piperidine rings is 1. The fraction of sp³-hybridized carbons (Fsp3) is 0.632. The third-order valence-corrected chi connectivity index (χ3v) is 6.15. The van der Waals surface area contributed by atoms with Gasteiger partial charge in [0.2, 0.25) is 11.8 Å². The van der Waals surface area contributed by atoms with Gasteiger partial charge < -0.3 is 15.5 Å². The number of nitrogens with zero attached hydrogens (tertiary/aromatic N) is 2. The highest BCUT2D eigenvalue weighted by Gasteiger charge is 2.23. The fourth-order valence-corrected chi connectivity index (χ4v) is 4.33. The Kier molecular flexibility index (Phi) is 6.84. The van der Waals surface area contributed by atoms with Crippen LogP contribution in [0.2, 0.25) is 0 Å². The van der Waals surface area contributed by atoms with Crippen molar-refractivity contribution in [3.05, 3.63) is 21.9 Å². The van der Waals surface area contributed by atoms with Gasteiger partial charge in [-0.2, -0.15) is 0 Å². The number of amides is 3. The zero-order chi connectivity index (χ0) is 19.2. The van der Waals surface area contributed by atoms with Gasteiger partial charge in [0.05, 0.1) is 18.0 Å². The van der Waals surface area contributed by atoms with E-state index in [1.807, 2.05) is 24.0 Å². The SMILES string of the molecule is Cc1ccc(C(=O)NC2CCN(CC(=O)NCC(=O)N3CCCC3)CC2)s1. The van der Waals surface area contributed by atoms with Crippen molar-refractivity contribution in [1.82, 2.24) is 20.4 Å². The lowest BCUT2D eigenvalue weighted by atomic mass is 10.0. The van der Waals surface area contributed by atoms with Crippen molar-refractivity contribution in [3.8, 4) is 0 Å². The Morgan fingerprint density at radius 2 is 1.81 bits per heavy atom. The van der Waals surface area contributed by atoms with E-state index < -0.39 is 0 Å². The smallest absolute Gasteiger partial charge is 0.261 e. The van der Waals surface area contributed by atoms with Gasteiger partial charge in [0.15, 0.2) is 0 Å². The zero-order valence-corrected chi connectivity index (χ0v) is 16.6. The molecule has 27 heavy (non-hydrogen) atoms. The van der Waals surface area contributed by atoms with E-state index in [4.69, 9.17) is 0 Å². The molecule has 3 heterocycles. The molecule has 148 valence electrons. The van der Waals surface area contributed by atoms with Gasteiger partial charge >= 0.3 is 0 Å². The number of nitrogens with one attached hydrogen (secondary N) is 2. The molecule has 0 aliphatic carbocycles. The molecule has 7 nitrogen and oxygen atoms in total. The zero-order valence-electron chi connectivity index (χ0n) is 15.8. The molecule has 1 aromatic rings. The van der Waals surface area contributed by atoms with Gasteiger partial charge in [0.1, 0.15) is 0 Å². The highest BCUT2D eigenvalue weighted by molar-refractivity contribution is 7.13. The van der Waals surface area contributed by atoms with Crippen molar-refractivity contribution in [2.45, 2.75) is 38.6 Å². The van der Waals surface area contributed by atoms with Crippen LogP contribution < -0.4 is 10.6 Å². The Balaban J connectivity index is 1.33. The summed E-state index contributed by atoms with van der Waals surface area (Å²) in [5.74, 6) is -0.116. The summed E-state index contributed by atoms with van der Waals surface area (Å²) in [6, 6.07) is 3.96. The Hall–Kier alpha value is -1.93. The summed E-state index contributed by atoms with van der Waals surface area (Å²) in [6.45, 7) is 5.52. The quantitative estimate of drug-likeness (QED) is 0.756. The second-order valence-corrected chi connectivity index (χ2v) is 8.59. The van der Waals surface area contributed by atoms with Gasteiger partial charge in [-0.15, -0.1) is 11.3 Å². The number of thiophene rings is 1. The van der Waals surface area contributed by atoms with Crippen LogP contribution in [-0.2, 0) is 9.59 Å². The van der Waals surface area contributed by atoms with Crippen LogP contribution in [0.15, 0.2) is 12.1 Å². The van der Waals surface area contributed by atoms with Crippen molar-refractivity contribution in [3.63, 3.8) is 0 Å². The topological polar surface area (TPSA) is 81.8 Å². The maximum Gasteiger partial charge on any atom is 0.261 e. The Bertz CT molecular complexity index is 676. The Labute approximate surface area is 164 Å². The van der Waals surface area contributed by atoms with Gasteiger partial charge in [-0.3, -0.25) is 19.3 Å². The Morgan fingerprint density at radius 3 is 2.44 bits per heavy atom. The first-order chi connectivity index (χ1) is 13.0. The first-order valence-electron chi connectivity index (χ1n) is 9.65. The maximum atomic E-state index is 12.2. The summed E-state index contributed by atoms with van der Waals surface area (Å²) in [5, 5.41) is 5.82. The molecule has 3 rings (SSSR count). The van der Waals surface area contributed by atoms with Gasteiger partial charge in [-0.25, -0.2) is 0 Å². The van der Waals surface area contributed by atoms with Gasteiger partial charge in [-0.1, -0.05) is 0 Å². The largest absolute Gasteiger partial charge is 0.349 e. The number of carbonyl (C=O) groups excluding carboxylic acids is 3. The molecule has 0 radical (unpaired) electrons. The van der Waals surface area contributed by atoms with Gasteiger partial charge in [0.25, 0.3) is 5.91 Å². The summed E-state index contributed by atoms with van der Waals surface area (Å²) in [4.78, 5) is 42.0. The molecule has 2 N–H and O–H groups in total. The molecule has 8 heteroatoms. The second-order valence-electron chi connectivity index (χ2n) is 7.30. The summed E-state index contributed by atoms with van der Waals surface area (Å²) in [7, 11) is 0. The third kappa shape index (κ3) is 5.77. The molecule has 2 saturated heterocycles. The average molecular weight is 393 g/mol. The standard InChI is InChI=1S/C19H28N4O3S/c1-14-4-5-16(27-14)19(26)21-15-6-10-22(11-7-15)13-17(24)20-12-18(25)23-8-2-3-9-23/h4-5,15H,2-3,6-13H2,1H3,(H,20,24)(H,21,26). The number of hydrogen-bond acceptors (Lipinski definition) is 5. The van der Waals surface area contributed by atoms with E-state index in [9.17, 15) is 14.4 Å². The predicted octanol–water partition coefficient (Wildman–Crippen LogP) is 0.989. The molecule has 0 atom stereocenters. The lowest BCUT2D eigenvalue weighted by molar-refractivity contribution is -0.132. The third-order valence-electron chi connectivity index (χ3n) is 5.15. The van der Waals surface area contributed by atoms with Gasteiger partial charge in [0, 0.05) is 37.1 Å². The molecule has 0 bridgehead atoms. The number of rotatable bonds is 6. The highest BCUT2D eigenvalue weighted by Crippen LogP contribution is 2.16. The van der Waals surface area contributed by atoms with Crippen molar-refractivity contribution >= 4 is 29.1 Å². The molecule has 1 aromatic heterocycles. The van der Waals surface area contributed by atoms with Gasteiger partial charge in [-0.05, 0) is 44.7 Å². The fourth-order valence-electron chi connectivity index (χ4n) is 3.56. The first-order valence-corrected chi connectivity index (χ1v) is 10.5. The highest BCUT2D eigenvalue weighted by atomic mass is 32.1. The molecule has 2 fully saturated rings. The lowest BCUT2D eigenvalue weighted by Crippen LogP contribution is -2.48. The van der Waals surface area contributed by atoms with Crippen LogP contribution in [0.3, 0.4) is 0 Å². The average Bonchev–Trinajstić information content (AvgIpc) is 3.33. The normalized spacial score (nSPS) is 18.5. The van der Waals surface area contributed by atoms with E-state index in [0.717, 1.165) is 61.6 Å². The number of aryl methyl sites for hydroxylation is 1. The molecule has 0 aromatic carbocycles. The predicted molar refractivity (Wildman–Crippen MR) is 105 cm³/mol. The molecule has 2 aliphatic heterocycles. The van der Waals surface area contributed by atoms with Crippen molar-refractivity contribution in [2.75, 3.05) is 39.3 Å². The molecule has 3 amide bonds. The van der Waals surface area contributed by atoms with Crippen LogP contribution in [-0.4, -0.2) is 72.8 Å². The van der Waals surface area contributed by atoms with Crippen LogP contribution in [0.5, 0.6) is 0 Å².